The van der Waals surface area contributed by atoms with Gasteiger partial charge >= 0.3 is 0 Å². The maximum Gasteiger partial charge on any atom is 0.249 e. The summed E-state index contributed by atoms with van der Waals surface area (Å²) in [5, 5.41) is 3.65. The molecule has 4 rings (SSSR count). The number of aromatic nitrogens is 2. The van der Waals surface area contributed by atoms with E-state index >= 15 is 0 Å². The van der Waals surface area contributed by atoms with Crippen molar-refractivity contribution in [3.05, 3.63) is 81.6 Å². The molecular formula is C24H24ClN5O2. The standard InChI is InChI=1S/C24H24ClN5O2/c1-13-8-20(21(32-4)10-17(13)23(26)31)29-24-27-11-18(25)19(28-24)9-15-6-5-7-16-12-30(3)14(2)22(15)16/h5-8,10-11H,2,9,12H2,1,3-4H3,(H2,26,31)(H,27,28,29). The van der Waals surface area contributed by atoms with E-state index in [0.29, 0.717) is 40.1 Å². The Morgan fingerprint density at radius 3 is 2.88 bits per heavy atom. The first-order chi connectivity index (χ1) is 15.3. The number of halogens is 1. The first-order valence-electron chi connectivity index (χ1n) is 10.1. The Hall–Kier alpha value is -3.58. The summed E-state index contributed by atoms with van der Waals surface area (Å²) in [5.41, 5.74) is 12.4. The molecule has 0 radical (unpaired) electrons. The molecule has 2 heterocycles. The van der Waals surface area contributed by atoms with E-state index in [1.54, 1.807) is 25.3 Å². The van der Waals surface area contributed by atoms with Crippen LogP contribution in [0.25, 0.3) is 5.70 Å². The van der Waals surface area contributed by atoms with Gasteiger partial charge in [0.2, 0.25) is 11.9 Å². The highest BCUT2D eigenvalue weighted by Gasteiger charge is 2.23. The lowest BCUT2D eigenvalue weighted by Crippen LogP contribution is -2.13. The minimum Gasteiger partial charge on any atom is -0.495 e. The van der Waals surface area contributed by atoms with Crippen LogP contribution in [0, 0.1) is 6.92 Å². The van der Waals surface area contributed by atoms with Crippen molar-refractivity contribution < 1.29 is 9.53 Å². The number of primary amides is 1. The van der Waals surface area contributed by atoms with Crippen LogP contribution in [0.5, 0.6) is 5.75 Å². The molecule has 0 bridgehead atoms. The quantitative estimate of drug-likeness (QED) is 0.582. The summed E-state index contributed by atoms with van der Waals surface area (Å²) < 4.78 is 5.42. The molecule has 3 aromatic rings. The molecule has 1 aliphatic rings. The summed E-state index contributed by atoms with van der Waals surface area (Å²) in [6.45, 7) is 6.87. The number of benzene rings is 2. The van der Waals surface area contributed by atoms with Crippen LogP contribution in [0.2, 0.25) is 5.02 Å². The third-order valence-electron chi connectivity index (χ3n) is 5.63. The lowest BCUT2D eigenvalue weighted by Gasteiger charge is -2.15. The minimum absolute atomic E-state index is 0.373. The summed E-state index contributed by atoms with van der Waals surface area (Å²) in [6, 6.07) is 9.62. The Labute approximate surface area is 191 Å². The number of carbonyl (C=O) groups is 1. The third-order valence-corrected chi connectivity index (χ3v) is 5.94. The Bertz CT molecular complexity index is 1240. The van der Waals surface area contributed by atoms with Gasteiger partial charge in [-0.3, -0.25) is 4.79 Å². The fourth-order valence-electron chi connectivity index (χ4n) is 3.95. The summed E-state index contributed by atoms with van der Waals surface area (Å²) in [6.07, 6.45) is 2.12. The molecular weight excluding hydrogens is 426 g/mol. The van der Waals surface area contributed by atoms with Gasteiger partial charge in [-0.25, -0.2) is 9.97 Å². The van der Waals surface area contributed by atoms with Crippen molar-refractivity contribution >= 4 is 34.8 Å². The summed E-state index contributed by atoms with van der Waals surface area (Å²) in [7, 11) is 3.55. The van der Waals surface area contributed by atoms with Crippen LogP contribution < -0.4 is 15.8 Å². The molecule has 1 aromatic heterocycles. The van der Waals surface area contributed by atoms with E-state index in [4.69, 9.17) is 22.1 Å². The van der Waals surface area contributed by atoms with E-state index < -0.39 is 5.91 Å². The number of nitrogens with two attached hydrogens (primary N) is 1. The van der Waals surface area contributed by atoms with Crippen molar-refractivity contribution in [2.45, 2.75) is 19.9 Å². The zero-order valence-corrected chi connectivity index (χ0v) is 19.0. The zero-order chi connectivity index (χ0) is 23.0. The molecule has 0 spiro atoms. The Morgan fingerprint density at radius 1 is 1.38 bits per heavy atom. The fraction of sp³-hybridized carbons (Fsp3) is 0.208. The largest absolute Gasteiger partial charge is 0.495 e. The van der Waals surface area contributed by atoms with Gasteiger partial charge in [0.25, 0.3) is 0 Å². The second-order valence-corrected chi connectivity index (χ2v) is 8.18. The molecule has 2 aromatic carbocycles. The van der Waals surface area contributed by atoms with Gasteiger partial charge in [-0.05, 0) is 35.7 Å². The Morgan fingerprint density at radius 2 is 2.16 bits per heavy atom. The van der Waals surface area contributed by atoms with Crippen LogP contribution in [0.3, 0.4) is 0 Å². The normalized spacial score (nSPS) is 12.6. The van der Waals surface area contributed by atoms with Crippen molar-refractivity contribution in [1.29, 1.82) is 0 Å². The summed E-state index contributed by atoms with van der Waals surface area (Å²) >= 11 is 6.44. The number of fused-ring (bicyclic) bond motifs is 1. The van der Waals surface area contributed by atoms with E-state index in [2.05, 4.69) is 38.9 Å². The lowest BCUT2D eigenvalue weighted by atomic mass is 9.98. The predicted octanol–water partition coefficient (Wildman–Crippen LogP) is 4.30. The number of aryl methyl sites for hydroxylation is 1. The maximum atomic E-state index is 11.6. The molecule has 1 amide bonds. The second-order valence-electron chi connectivity index (χ2n) is 7.78. The first-order valence-corrected chi connectivity index (χ1v) is 10.4. The zero-order valence-electron chi connectivity index (χ0n) is 18.2. The van der Waals surface area contributed by atoms with Crippen molar-refractivity contribution in [3.63, 3.8) is 0 Å². The molecule has 0 saturated heterocycles. The molecule has 0 saturated carbocycles. The number of nitrogens with zero attached hydrogens (tertiary/aromatic N) is 3. The molecule has 32 heavy (non-hydrogen) atoms. The summed E-state index contributed by atoms with van der Waals surface area (Å²) in [5.74, 6) is 0.321. The monoisotopic (exact) mass is 449 g/mol. The van der Waals surface area contributed by atoms with E-state index in [0.717, 1.165) is 28.9 Å². The van der Waals surface area contributed by atoms with Gasteiger partial charge in [0.15, 0.2) is 0 Å². The fourth-order valence-corrected chi connectivity index (χ4v) is 4.11. The molecule has 0 fully saturated rings. The van der Waals surface area contributed by atoms with Crippen LogP contribution in [-0.2, 0) is 13.0 Å². The average Bonchev–Trinajstić information content (AvgIpc) is 3.05. The van der Waals surface area contributed by atoms with Gasteiger partial charge in [0, 0.05) is 36.8 Å². The Balaban J connectivity index is 1.66. The first kappa shape index (κ1) is 21.6. The van der Waals surface area contributed by atoms with Crippen molar-refractivity contribution in [2.24, 2.45) is 5.73 Å². The lowest BCUT2D eigenvalue weighted by molar-refractivity contribution is 0.0999. The van der Waals surface area contributed by atoms with Crippen LogP contribution in [0.1, 0.15) is 38.3 Å². The number of hydrogen-bond donors (Lipinski definition) is 2. The van der Waals surface area contributed by atoms with Crippen LogP contribution in [0.4, 0.5) is 11.6 Å². The molecule has 164 valence electrons. The smallest absolute Gasteiger partial charge is 0.249 e. The topological polar surface area (TPSA) is 93.4 Å². The number of hydrogen-bond acceptors (Lipinski definition) is 6. The van der Waals surface area contributed by atoms with E-state index in [1.165, 1.54) is 12.7 Å². The van der Waals surface area contributed by atoms with Gasteiger partial charge < -0.3 is 20.7 Å². The van der Waals surface area contributed by atoms with Gasteiger partial charge in [-0.15, -0.1) is 0 Å². The highest BCUT2D eigenvalue weighted by atomic mass is 35.5. The van der Waals surface area contributed by atoms with E-state index in [9.17, 15) is 4.79 Å². The Kier molecular flexibility index (Phi) is 5.76. The minimum atomic E-state index is -0.514. The SMILES string of the molecule is C=C1c2c(Cc3nc(Nc4cc(C)c(C(N)=O)cc4OC)ncc3Cl)cccc2CN1C. The molecule has 3 N–H and O–H groups in total. The number of methoxy groups -OCH3 is 1. The van der Waals surface area contributed by atoms with Gasteiger partial charge in [-0.2, -0.15) is 0 Å². The average molecular weight is 450 g/mol. The predicted molar refractivity (Wildman–Crippen MR) is 126 cm³/mol. The van der Waals surface area contributed by atoms with Crippen molar-refractivity contribution in [2.75, 3.05) is 19.5 Å². The highest BCUT2D eigenvalue weighted by Crippen LogP contribution is 2.35. The third kappa shape index (κ3) is 3.99. The summed E-state index contributed by atoms with van der Waals surface area (Å²) in [4.78, 5) is 22.7. The highest BCUT2D eigenvalue weighted by molar-refractivity contribution is 6.31. The molecule has 0 unspecified atom stereocenters. The van der Waals surface area contributed by atoms with E-state index in [1.807, 2.05) is 13.1 Å². The van der Waals surface area contributed by atoms with Crippen LogP contribution in [0.15, 0.2) is 43.1 Å². The number of rotatable bonds is 6. The number of amides is 1. The number of nitrogens with one attached hydrogen (secondary N) is 1. The number of carbonyl (C=O) groups excluding carboxylic acids is 1. The molecule has 0 atom stereocenters. The maximum absolute atomic E-state index is 11.6. The molecule has 1 aliphatic heterocycles. The number of anilines is 2. The van der Waals surface area contributed by atoms with E-state index in [-0.39, 0.29) is 0 Å². The second kappa shape index (κ2) is 8.51. The van der Waals surface area contributed by atoms with Gasteiger partial charge in [0.1, 0.15) is 5.75 Å². The van der Waals surface area contributed by atoms with Gasteiger partial charge in [-0.1, -0.05) is 36.4 Å². The van der Waals surface area contributed by atoms with Crippen LogP contribution in [-0.4, -0.2) is 34.9 Å². The van der Waals surface area contributed by atoms with Crippen molar-refractivity contribution in [1.82, 2.24) is 14.9 Å². The molecule has 0 aliphatic carbocycles. The number of ether oxygens (including phenoxy) is 1. The molecule has 7 nitrogen and oxygen atoms in total. The van der Waals surface area contributed by atoms with Crippen molar-refractivity contribution in [3.8, 4) is 5.75 Å². The molecule has 8 heteroatoms. The van der Waals surface area contributed by atoms with Gasteiger partial charge in [0.05, 0.1) is 29.7 Å². The van der Waals surface area contributed by atoms with Crippen LogP contribution >= 0.6 is 11.6 Å².